The van der Waals surface area contributed by atoms with Gasteiger partial charge in [-0.2, -0.15) is 0 Å². The zero-order chi connectivity index (χ0) is 17.5. The number of hydrogen-bond donors (Lipinski definition) is 1. The van der Waals surface area contributed by atoms with E-state index in [2.05, 4.69) is 21.2 Å². The average molecular weight is 394 g/mol. The lowest BCUT2D eigenvalue weighted by atomic mass is 9.87. The number of carbonyl (C=O) groups is 3. The second-order valence-electron chi connectivity index (χ2n) is 6.58. The Morgan fingerprint density at radius 2 is 1.75 bits per heavy atom. The number of nitrogens with zero attached hydrogens (tertiary/aromatic N) is 2. The van der Waals surface area contributed by atoms with Crippen molar-refractivity contribution in [3.63, 3.8) is 0 Å². The molecule has 7 heteroatoms. The summed E-state index contributed by atoms with van der Waals surface area (Å²) in [7, 11) is 0. The van der Waals surface area contributed by atoms with Crippen molar-refractivity contribution in [2.24, 2.45) is 0 Å². The molecular weight excluding hydrogens is 374 g/mol. The summed E-state index contributed by atoms with van der Waals surface area (Å²) in [5.74, 6) is -0.215. The molecule has 0 atom stereocenters. The van der Waals surface area contributed by atoms with Gasteiger partial charge in [0.1, 0.15) is 5.54 Å². The summed E-state index contributed by atoms with van der Waals surface area (Å²) in [6.07, 6.45) is 0.895. The van der Waals surface area contributed by atoms with Crippen LogP contribution in [0.15, 0.2) is 28.7 Å². The molecule has 0 unspecified atom stereocenters. The van der Waals surface area contributed by atoms with Crippen LogP contribution in [-0.4, -0.2) is 52.3 Å². The fourth-order valence-electron chi connectivity index (χ4n) is 3.32. The normalized spacial score (nSPS) is 20.0. The van der Waals surface area contributed by atoms with Gasteiger partial charge < -0.3 is 10.2 Å². The van der Waals surface area contributed by atoms with E-state index >= 15 is 0 Å². The van der Waals surface area contributed by atoms with Gasteiger partial charge in [-0.15, -0.1) is 0 Å². The van der Waals surface area contributed by atoms with Crippen LogP contribution in [0.5, 0.6) is 0 Å². The molecule has 6 nitrogen and oxygen atoms in total. The van der Waals surface area contributed by atoms with Crippen molar-refractivity contribution in [3.8, 4) is 0 Å². The van der Waals surface area contributed by atoms with E-state index in [4.69, 9.17) is 0 Å². The summed E-state index contributed by atoms with van der Waals surface area (Å²) >= 11 is 3.35. The number of amides is 4. The van der Waals surface area contributed by atoms with E-state index in [1.165, 1.54) is 4.90 Å². The number of carbonyl (C=O) groups excluding carboxylic acids is 3. The molecule has 24 heavy (non-hydrogen) atoms. The number of likely N-dealkylation sites (tertiary alicyclic amines) is 1. The molecule has 0 saturated carbocycles. The summed E-state index contributed by atoms with van der Waals surface area (Å²) < 4.78 is 0.921. The molecule has 1 aromatic rings. The van der Waals surface area contributed by atoms with E-state index in [1.54, 1.807) is 17.0 Å². The summed E-state index contributed by atoms with van der Waals surface area (Å²) in [6.45, 7) is 4.55. The standard InChI is InChI=1S/C17H20BrN3O3/c1-11(2)21-15(23)17(19-16(21)24)7-9-20(10-8-17)14(22)12-3-5-13(18)6-4-12/h3-6,11H,7-10H2,1-2H3,(H,19,24). The first-order valence-electron chi connectivity index (χ1n) is 8.05. The largest absolute Gasteiger partial charge is 0.338 e. The Kier molecular flexibility index (Phi) is 4.38. The number of rotatable bonds is 2. The molecular formula is C17H20BrN3O3. The van der Waals surface area contributed by atoms with Crippen LogP contribution < -0.4 is 5.32 Å². The molecule has 3 rings (SSSR count). The summed E-state index contributed by atoms with van der Waals surface area (Å²) in [4.78, 5) is 40.3. The van der Waals surface area contributed by atoms with Crippen LogP contribution in [0.2, 0.25) is 0 Å². The highest BCUT2D eigenvalue weighted by molar-refractivity contribution is 9.10. The molecule has 1 aromatic carbocycles. The molecule has 4 amide bonds. The number of halogens is 1. The van der Waals surface area contributed by atoms with Gasteiger partial charge in [0.2, 0.25) is 0 Å². The van der Waals surface area contributed by atoms with Gasteiger partial charge >= 0.3 is 6.03 Å². The zero-order valence-corrected chi connectivity index (χ0v) is 15.3. The highest BCUT2D eigenvalue weighted by atomic mass is 79.9. The van der Waals surface area contributed by atoms with Gasteiger partial charge in [-0.05, 0) is 51.0 Å². The van der Waals surface area contributed by atoms with Crippen molar-refractivity contribution < 1.29 is 14.4 Å². The smallest absolute Gasteiger partial charge is 0.325 e. The molecule has 2 saturated heterocycles. The highest BCUT2D eigenvalue weighted by Crippen LogP contribution is 2.31. The Bertz CT molecular complexity index is 679. The third-order valence-electron chi connectivity index (χ3n) is 4.70. The zero-order valence-electron chi connectivity index (χ0n) is 13.7. The number of nitrogens with one attached hydrogen (secondary N) is 1. The van der Waals surface area contributed by atoms with Crippen molar-refractivity contribution in [1.82, 2.24) is 15.1 Å². The van der Waals surface area contributed by atoms with Crippen molar-refractivity contribution in [2.45, 2.75) is 38.3 Å². The molecule has 128 valence electrons. The third kappa shape index (κ3) is 2.81. The maximum absolute atomic E-state index is 12.7. The van der Waals surface area contributed by atoms with Crippen molar-refractivity contribution in [3.05, 3.63) is 34.3 Å². The summed E-state index contributed by atoms with van der Waals surface area (Å²) in [5.41, 5.74) is -0.225. The number of benzene rings is 1. The second-order valence-corrected chi connectivity index (χ2v) is 7.50. The minimum absolute atomic E-state index is 0.0464. The quantitative estimate of drug-likeness (QED) is 0.784. The van der Waals surface area contributed by atoms with E-state index in [1.807, 2.05) is 26.0 Å². The van der Waals surface area contributed by atoms with Gasteiger partial charge in [0.15, 0.2) is 0 Å². The van der Waals surface area contributed by atoms with Crippen LogP contribution in [-0.2, 0) is 4.79 Å². The first-order chi connectivity index (χ1) is 11.3. The number of urea groups is 1. The molecule has 0 aliphatic carbocycles. The van der Waals surface area contributed by atoms with Gasteiger partial charge in [0.25, 0.3) is 11.8 Å². The Morgan fingerprint density at radius 3 is 2.25 bits per heavy atom. The monoisotopic (exact) mass is 393 g/mol. The maximum Gasteiger partial charge on any atom is 0.325 e. The van der Waals surface area contributed by atoms with Crippen LogP contribution in [0.1, 0.15) is 37.0 Å². The van der Waals surface area contributed by atoms with Crippen LogP contribution in [0.4, 0.5) is 4.79 Å². The molecule has 2 heterocycles. The van der Waals surface area contributed by atoms with E-state index < -0.39 is 5.54 Å². The van der Waals surface area contributed by atoms with Crippen LogP contribution in [0, 0.1) is 0 Å². The Morgan fingerprint density at radius 1 is 1.17 bits per heavy atom. The Hall–Kier alpha value is -1.89. The predicted molar refractivity (Wildman–Crippen MR) is 92.5 cm³/mol. The van der Waals surface area contributed by atoms with E-state index in [0.29, 0.717) is 31.5 Å². The topological polar surface area (TPSA) is 69.7 Å². The Labute approximate surface area is 149 Å². The molecule has 0 radical (unpaired) electrons. The first kappa shape index (κ1) is 17.0. The second kappa shape index (κ2) is 6.20. The fourth-order valence-corrected chi connectivity index (χ4v) is 3.58. The Balaban J connectivity index is 1.70. The number of imide groups is 1. The molecule has 2 aliphatic heterocycles. The minimum Gasteiger partial charge on any atom is -0.338 e. The van der Waals surface area contributed by atoms with Gasteiger partial charge in [-0.3, -0.25) is 14.5 Å². The van der Waals surface area contributed by atoms with Crippen molar-refractivity contribution in [1.29, 1.82) is 0 Å². The predicted octanol–water partition coefficient (Wildman–Crippen LogP) is 2.38. The van der Waals surface area contributed by atoms with Crippen molar-refractivity contribution >= 4 is 33.8 Å². The molecule has 2 fully saturated rings. The van der Waals surface area contributed by atoms with Crippen molar-refractivity contribution in [2.75, 3.05) is 13.1 Å². The molecule has 2 aliphatic rings. The fraction of sp³-hybridized carbons (Fsp3) is 0.471. The summed E-state index contributed by atoms with van der Waals surface area (Å²) in [6, 6.07) is 6.72. The number of hydrogen-bond acceptors (Lipinski definition) is 3. The number of piperidine rings is 1. The highest BCUT2D eigenvalue weighted by Gasteiger charge is 2.53. The van der Waals surface area contributed by atoms with Crippen LogP contribution >= 0.6 is 15.9 Å². The lowest BCUT2D eigenvalue weighted by Gasteiger charge is -2.37. The molecule has 1 N–H and O–H groups in total. The van der Waals surface area contributed by atoms with Gasteiger partial charge in [0.05, 0.1) is 0 Å². The van der Waals surface area contributed by atoms with Gasteiger partial charge in [-0.25, -0.2) is 4.79 Å². The SMILES string of the molecule is CC(C)N1C(=O)NC2(CCN(C(=O)c3ccc(Br)cc3)CC2)C1=O. The molecule has 0 aromatic heterocycles. The lowest BCUT2D eigenvalue weighted by Crippen LogP contribution is -2.56. The van der Waals surface area contributed by atoms with Crippen LogP contribution in [0.25, 0.3) is 0 Å². The van der Waals surface area contributed by atoms with Gasteiger partial charge in [-0.1, -0.05) is 15.9 Å². The maximum atomic E-state index is 12.7. The summed E-state index contributed by atoms with van der Waals surface area (Å²) in [5, 5.41) is 2.85. The average Bonchev–Trinajstić information content (AvgIpc) is 2.78. The molecule has 1 spiro atoms. The lowest BCUT2D eigenvalue weighted by molar-refractivity contribution is -0.133. The van der Waals surface area contributed by atoms with Crippen LogP contribution in [0.3, 0.4) is 0 Å². The van der Waals surface area contributed by atoms with Gasteiger partial charge in [0, 0.05) is 29.2 Å². The minimum atomic E-state index is -0.849. The first-order valence-corrected chi connectivity index (χ1v) is 8.84. The van der Waals surface area contributed by atoms with E-state index in [-0.39, 0.29) is 23.9 Å². The van der Waals surface area contributed by atoms with E-state index in [9.17, 15) is 14.4 Å². The third-order valence-corrected chi connectivity index (χ3v) is 5.23. The molecule has 0 bridgehead atoms. The van der Waals surface area contributed by atoms with E-state index in [0.717, 1.165) is 4.47 Å².